The average Bonchev–Trinajstić information content (AvgIpc) is 2.71. The van der Waals surface area contributed by atoms with Crippen LogP contribution in [0.5, 0.6) is 5.75 Å². The van der Waals surface area contributed by atoms with Crippen LogP contribution in [0.3, 0.4) is 0 Å². The lowest BCUT2D eigenvalue weighted by Gasteiger charge is -2.03. The van der Waals surface area contributed by atoms with Gasteiger partial charge in [-0.25, -0.2) is 0 Å². The van der Waals surface area contributed by atoms with Crippen molar-refractivity contribution >= 4 is 16.6 Å². The maximum absolute atomic E-state index is 11.1. The van der Waals surface area contributed by atoms with Crippen LogP contribution in [0, 0.1) is 10.1 Å². The monoisotopic (exact) mass is 235 g/mol. The number of methoxy groups -OCH3 is 1. The number of nitro benzene ring substituents is 1. The smallest absolute Gasteiger partial charge is 0.320 e. The summed E-state index contributed by atoms with van der Waals surface area (Å²) in [4.78, 5) is 13.7. The van der Waals surface area contributed by atoms with Gasteiger partial charge in [0.05, 0.1) is 22.9 Å². The van der Waals surface area contributed by atoms with Crippen LogP contribution in [-0.4, -0.2) is 23.6 Å². The van der Waals surface area contributed by atoms with E-state index in [2.05, 4.69) is 4.98 Å². The van der Waals surface area contributed by atoms with Gasteiger partial charge >= 0.3 is 5.69 Å². The highest BCUT2D eigenvalue weighted by Crippen LogP contribution is 2.36. The number of nitrogens with one attached hydrogen (secondary N) is 1. The van der Waals surface area contributed by atoms with Crippen LogP contribution >= 0.6 is 0 Å². The van der Waals surface area contributed by atoms with Gasteiger partial charge in [0.2, 0.25) is 0 Å². The second-order valence-electron chi connectivity index (χ2n) is 3.65. The summed E-state index contributed by atoms with van der Waals surface area (Å²) < 4.78 is 5.03. The predicted molar refractivity (Wildman–Crippen MR) is 64.3 cm³/mol. The summed E-state index contributed by atoms with van der Waals surface area (Å²) in [5.41, 5.74) is 7.05. The lowest BCUT2D eigenvalue weighted by molar-refractivity contribution is -0.384. The summed E-state index contributed by atoms with van der Waals surface area (Å²) in [6.45, 7) is 0.446. The number of H-pyrrole nitrogens is 1. The van der Waals surface area contributed by atoms with E-state index in [0.29, 0.717) is 18.4 Å². The molecule has 1 aromatic carbocycles. The molecule has 0 fully saturated rings. The van der Waals surface area contributed by atoms with Crippen molar-refractivity contribution in [3.8, 4) is 5.75 Å². The van der Waals surface area contributed by atoms with Crippen LogP contribution in [0.2, 0.25) is 0 Å². The van der Waals surface area contributed by atoms with Gasteiger partial charge < -0.3 is 15.5 Å². The second kappa shape index (κ2) is 4.42. The highest BCUT2D eigenvalue weighted by Gasteiger charge is 2.22. The highest BCUT2D eigenvalue weighted by molar-refractivity contribution is 5.94. The molecule has 2 aromatic rings. The van der Waals surface area contributed by atoms with Crippen molar-refractivity contribution in [2.75, 3.05) is 13.7 Å². The van der Waals surface area contributed by atoms with Gasteiger partial charge in [-0.05, 0) is 30.7 Å². The third-order valence-corrected chi connectivity index (χ3v) is 2.68. The van der Waals surface area contributed by atoms with E-state index in [4.69, 9.17) is 10.5 Å². The molecule has 0 unspecified atom stereocenters. The van der Waals surface area contributed by atoms with E-state index >= 15 is 0 Å². The lowest BCUT2D eigenvalue weighted by atomic mass is 10.1. The maximum Gasteiger partial charge on any atom is 0.320 e. The number of fused-ring (bicyclic) bond motifs is 1. The minimum absolute atomic E-state index is 0.00491. The maximum atomic E-state index is 11.1. The number of aromatic amines is 1. The Bertz CT molecular complexity index is 562. The first kappa shape index (κ1) is 11.4. The minimum atomic E-state index is -0.422. The number of hydrogen-bond acceptors (Lipinski definition) is 4. The molecule has 6 nitrogen and oxygen atoms in total. The van der Waals surface area contributed by atoms with Crippen LogP contribution in [0.1, 0.15) is 5.56 Å². The molecule has 0 aliphatic heterocycles. The SMILES string of the molecule is COc1ccc2[nH]cc(CCN)c2c1[N+](=O)[O-]. The lowest BCUT2D eigenvalue weighted by Crippen LogP contribution is -2.03. The summed E-state index contributed by atoms with van der Waals surface area (Å²) in [5, 5.41) is 11.7. The molecule has 0 amide bonds. The first-order chi connectivity index (χ1) is 8.19. The van der Waals surface area contributed by atoms with E-state index in [1.54, 1.807) is 18.3 Å². The molecule has 1 heterocycles. The zero-order valence-corrected chi connectivity index (χ0v) is 9.40. The Hall–Kier alpha value is -2.08. The molecule has 0 saturated carbocycles. The molecular formula is C11H13N3O3. The van der Waals surface area contributed by atoms with Crippen LogP contribution in [-0.2, 0) is 6.42 Å². The Morgan fingerprint density at radius 1 is 1.53 bits per heavy atom. The summed E-state index contributed by atoms with van der Waals surface area (Å²) in [7, 11) is 1.42. The van der Waals surface area contributed by atoms with E-state index in [1.807, 2.05) is 0 Å². The van der Waals surface area contributed by atoms with Gasteiger partial charge in [-0.2, -0.15) is 0 Å². The number of nitrogens with two attached hydrogens (primary N) is 1. The fourth-order valence-corrected chi connectivity index (χ4v) is 1.95. The molecule has 3 N–H and O–H groups in total. The molecule has 6 heteroatoms. The third kappa shape index (κ3) is 1.83. The number of nitrogens with zero attached hydrogens (tertiary/aromatic N) is 1. The normalized spacial score (nSPS) is 10.7. The Balaban J connectivity index is 2.76. The number of rotatable bonds is 4. The summed E-state index contributed by atoms with van der Waals surface area (Å²) in [6, 6.07) is 3.35. The minimum Gasteiger partial charge on any atom is -0.490 e. The number of ether oxygens (including phenoxy) is 1. The van der Waals surface area contributed by atoms with Crippen molar-refractivity contribution in [1.29, 1.82) is 0 Å². The van der Waals surface area contributed by atoms with Crippen molar-refractivity contribution in [2.45, 2.75) is 6.42 Å². The zero-order valence-electron chi connectivity index (χ0n) is 9.40. The van der Waals surface area contributed by atoms with Gasteiger partial charge in [-0.1, -0.05) is 0 Å². The van der Waals surface area contributed by atoms with Gasteiger partial charge in [0.1, 0.15) is 0 Å². The van der Waals surface area contributed by atoms with E-state index in [1.165, 1.54) is 7.11 Å². The molecule has 90 valence electrons. The quantitative estimate of drug-likeness (QED) is 0.621. The molecule has 0 aliphatic carbocycles. The molecule has 0 aliphatic rings. The van der Waals surface area contributed by atoms with Gasteiger partial charge in [0, 0.05) is 6.20 Å². The summed E-state index contributed by atoms with van der Waals surface area (Å²) >= 11 is 0. The molecule has 1 aromatic heterocycles. The second-order valence-corrected chi connectivity index (χ2v) is 3.65. The molecule has 0 atom stereocenters. The summed E-state index contributed by atoms with van der Waals surface area (Å²) in [6.07, 6.45) is 2.35. The standard InChI is InChI=1S/C11H13N3O3/c1-17-9-3-2-8-10(11(9)14(15)16)7(4-5-12)6-13-8/h2-3,6,13H,4-5,12H2,1H3. The zero-order chi connectivity index (χ0) is 12.4. The Labute approximate surface area is 97.5 Å². The fourth-order valence-electron chi connectivity index (χ4n) is 1.95. The fraction of sp³-hybridized carbons (Fsp3) is 0.273. The van der Waals surface area contributed by atoms with Crippen LogP contribution in [0.25, 0.3) is 10.9 Å². The van der Waals surface area contributed by atoms with Crippen molar-refractivity contribution in [3.05, 3.63) is 34.0 Å². The molecule has 0 spiro atoms. The van der Waals surface area contributed by atoms with E-state index in [0.717, 1.165) is 11.1 Å². The Morgan fingerprint density at radius 2 is 2.29 bits per heavy atom. The van der Waals surface area contributed by atoms with Gasteiger partial charge in [0.25, 0.3) is 0 Å². The average molecular weight is 235 g/mol. The molecule has 0 radical (unpaired) electrons. The molecule has 0 saturated heterocycles. The number of aromatic nitrogens is 1. The van der Waals surface area contributed by atoms with E-state index < -0.39 is 4.92 Å². The van der Waals surface area contributed by atoms with Gasteiger partial charge in [-0.3, -0.25) is 10.1 Å². The molecule has 2 rings (SSSR count). The first-order valence-electron chi connectivity index (χ1n) is 5.20. The van der Waals surface area contributed by atoms with E-state index in [-0.39, 0.29) is 11.4 Å². The van der Waals surface area contributed by atoms with Crippen LogP contribution in [0.4, 0.5) is 5.69 Å². The number of hydrogen-bond donors (Lipinski definition) is 2. The van der Waals surface area contributed by atoms with Gasteiger partial charge in [0.15, 0.2) is 5.75 Å². The third-order valence-electron chi connectivity index (χ3n) is 2.68. The van der Waals surface area contributed by atoms with E-state index in [9.17, 15) is 10.1 Å². The van der Waals surface area contributed by atoms with Crippen LogP contribution < -0.4 is 10.5 Å². The Morgan fingerprint density at radius 3 is 2.88 bits per heavy atom. The van der Waals surface area contributed by atoms with Crippen molar-refractivity contribution < 1.29 is 9.66 Å². The van der Waals surface area contributed by atoms with Gasteiger partial charge in [-0.15, -0.1) is 0 Å². The molecule has 17 heavy (non-hydrogen) atoms. The Kier molecular flexibility index (Phi) is 2.97. The van der Waals surface area contributed by atoms with Crippen molar-refractivity contribution in [2.24, 2.45) is 5.73 Å². The number of benzene rings is 1. The highest BCUT2D eigenvalue weighted by atomic mass is 16.6. The molecule has 0 bridgehead atoms. The largest absolute Gasteiger partial charge is 0.490 e. The first-order valence-corrected chi connectivity index (χ1v) is 5.20. The topological polar surface area (TPSA) is 94.2 Å². The van der Waals surface area contributed by atoms with Crippen LogP contribution in [0.15, 0.2) is 18.3 Å². The number of nitro groups is 1. The molecular weight excluding hydrogens is 222 g/mol. The van der Waals surface area contributed by atoms with Crippen molar-refractivity contribution in [1.82, 2.24) is 4.98 Å². The van der Waals surface area contributed by atoms with Crippen molar-refractivity contribution in [3.63, 3.8) is 0 Å². The summed E-state index contributed by atoms with van der Waals surface area (Å²) in [5.74, 6) is 0.264. The predicted octanol–water partition coefficient (Wildman–Crippen LogP) is 1.59.